The van der Waals surface area contributed by atoms with E-state index < -0.39 is 11.7 Å². The van der Waals surface area contributed by atoms with Crippen molar-refractivity contribution in [1.82, 2.24) is 0 Å². The van der Waals surface area contributed by atoms with Gasteiger partial charge in [-0.15, -0.1) is 0 Å². The highest BCUT2D eigenvalue weighted by molar-refractivity contribution is 14.1. The SMILES string of the molecule is O=C(Nc1c(F)cccc1Cl)c1cc(I)ccc1O. The molecule has 2 N–H and O–H groups in total. The van der Waals surface area contributed by atoms with Gasteiger partial charge < -0.3 is 10.4 Å². The zero-order valence-corrected chi connectivity index (χ0v) is 12.4. The molecule has 2 rings (SSSR count). The molecule has 0 saturated heterocycles. The van der Waals surface area contributed by atoms with Crippen LogP contribution in [0.5, 0.6) is 5.75 Å². The van der Waals surface area contributed by atoms with E-state index in [1.165, 1.54) is 30.3 Å². The molecule has 0 aliphatic carbocycles. The lowest BCUT2D eigenvalue weighted by Crippen LogP contribution is -2.13. The summed E-state index contributed by atoms with van der Waals surface area (Å²) in [6.45, 7) is 0. The van der Waals surface area contributed by atoms with Crippen molar-refractivity contribution < 1.29 is 14.3 Å². The molecule has 0 radical (unpaired) electrons. The second-order valence-electron chi connectivity index (χ2n) is 3.71. The summed E-state index contributed by atoms with van der Waals surface area (Å²) in [6.07, 6.45) is 0. The first kappa shape index (κ1) is 14.1. The lowest BCUT2D eigenvalue weighted by atomic mass is 10.2. The fourth-order valence-corrected chi connectivity index (χ4v) is 2.19. The van der Waals surface area contributed by atoms with Gasteiger partial charge in [-0.2, -0.15) is 0 Å². The molecular weight excluding hydrogens is 384 g/mol. The van der Waals surface area contributed by atoms with Crippen molar-refractivity contribution >= 4 is 45.8 Å². The molecule has 1 amide bonds. The molecule has 3 nitrogen and oxygen atoms in total. The van der Waals surface area contributed by atoms with Gasteiger partial charge in [-0.1, -0.05) is 17.7 Å². The summed E-state index contributed by atoms with van der Waals surface area (Å²) in [5.74, 6) is -1.43. The second kappa shape index (κ2) is 5.75. The van der Waals surface area contributed by atoms with Gasteiger partial charge in [0.25, 0.3) is 5.91 Å². The van der Waals surface area contributed by atoms with Crippen LogP contribution in [0.15, 0.2) is 36.4 Å². The van der Waals surface area contributed by atoms with Crippen LogP contribution in [0.25, 0.3) is 0 Å². The van der Waals surface area contributed by atoms with E-state index in [4.69, 9.17) is 11.6 Å². The van der Waals surface area contributed by atoms with Gasteiger partial charge in [0.1, 0.15) is 11.6 Å². The number of rotatable bonds is 2. The summed E-state index contributed by atoms with van der Waals surface area (Å²) < 4.78 is 14.3. The Kier molecular flexibility index (Phi) is 4.26. The molecule has 0 aliphatic rings. The van der Waals surface area contributed by atoms with Crippen molar-refractivity contribution in [3.63, 3.8) is 0 Å². The molecule has 98 valence electrons. The maximum Gasteiger partial charge on any atom is 0.259 e. The highest BCUT2D eigenvalue weighted by Gasteiger charge is 2.15. The Morgan fingerprint density at radius 1 is 1.32 bits per heavy atom. The molecule has 0 bridgehead atoms. The minimum absolute atomic E-state index is 0.0613. The summed E-state index contributed by atoms with van der Waals surface area (Å²) in [4.78, 5) is 12.0. The van der Waals surface area contributed by atoms with Crippen LogP contribution in [0.2, 0.25) is 5.02 Å². The number of nitrogens with one attached hydrogen (secondary N) is 1. The number of carbonyl (C=O) groups excluding carboxylic acids is 1. The van der Waals surface area contributed by atoms with Crippen molar-refractivity contribution in [3.05, 3.63) is 56.4 Å². The van der Waals surface area contributed by atoms with E-state index in [-0.39, 0.29) is 22.0 Å². The Hall–Kier alpha value is -1.34. The van der Waals surface area contributed by atoms with E-state index >= 15 is 0 Å². The molecular formula is C13H8ClFINO2. The van der Waals surface area contributed by atoms with Crippen LogP contribution in [-0.2, 0) is 0 Å². The number of phenolic OH excluding ortho intramolecular Hbond substituents is 1. The maximum absolute atomic E-state index is 13.5. The zero-order valence-electron chi connectivity index (χ0n) is 9.45. The van der Waals surface area contributed by atoms with Crippen LogP contribution in [0.1, 0.15) is 10.4 Å². The second-order valence-corrected chi connectivity index (χ2v) is 5.37. The normalized spacial score (nSPS) is 10.3. The van der Waals surface area contributed by atoms with Gasteiger partial charge >= 0.3 is 0 Å². The summed E-state index contributed by atoms with van der Waals surface area (Å²) >= 11 is 7.82. The van der Waals surface area contributed by atoms with E-state index in [9.17, 15) is 14.3 Å². The van der Waals surface area contributed by atoms with Crippen LogP contribution in [-0.4, -0.2) is 11.0 Å². The van der Waals surface area contributed by atoms with Crippen LogP contribution in [0, 0.1) is 9.39 Å². The number of benzene rings is 2. The largest absolute Gasteiger partial charge is 0.507 e. The number of phenols is 1. The summed E-state index contributed by atoms with van der Waals surface area (Å²) in [5, 5.41) is 12.1. The third kappa shape index (κ3) is 3.16. The van der Waals surface area contributed by atoms with Gasteiger partial charge in [0.2, 0.25) is 0 Å². The highest BCUT2D eigenvalue weighted by atomic mass is 127. The van der Waals surface area contributed by atoms with Crippen LogP contribution >= 0.6 is 34.2 Å². The first-order valence-corrected chi connectivity index (χ1v) is 6.68. The molecule has 19 heavy (non-hydrogen) atoms. The molecule has 2 aromatic rings. The Balaban J connectivity index is 2.34. The Morgan fingerprint density at radius 2 is 2.05 bits per heavy atom. The molecule has 0 spiro atoms. The smallest absolute Gasteiger partial charge is 0.259 e. The monoisotopic (exact) mass is 391 g/mol. The van der Waals surface area contributed by atoms with E-state index in [1.54, 1.807) is 6.07 Å². The molecule has 6 heteroatoms. The summed E-state index contributed by atoms with van der Waals surface area (Å²) in [6, 6.07) is 8.66. The Morgan fingerprint density at radius 3 is 2.74 bits per heavy atom. The lowest BCUT2D eigenvalue weighted by molar-refractivity contribution is 0.102. The molecule has 0 fully saturated rings. The van der Waals surface area contributed by atoms with Crippen molar-refractivity contribution in [2.45, 2.75) is 0 Å². The fourth-order valence-electron chi connectivity index (χ4n) is 1.49. The van der Waals surface area contributed by atoms with Gasteiger partial charge in [-0.25, -0.2) is 4.39 Å². The van der Waals surface area contributed by atoms with Gasteiger partial charge in [0.05, 0.1) is 16.3 Å². The predicted molar refractivity (Wildman–Crippen MR) is 80.2 cm³/mol. The lowest BCUT2D eigenvalue weighted by Gasteiger charge is -2.09. The number of halogens is 3. The molecule has 0 atom stereocenters. The summed E-state index contributed by atoms with van der Waals surface area (Å²) in [5.41, 5.74) is -0.0429. The number of hydrogen-bond acceptors (Lipinski definition) is 2. The minimum atomic E-state index is -0.633. The van der Waals surface area contributed by atoms with Gasteiger partial charge in [-0.05, 0) is 52.9 Å². The average Bonchev–Trinajstić information content (AvgIpc) is 2.37. The number of para-hydroxylation sites is 1. The number of carbonyl (C=O) groups is 1. The highest BCUT2D eigenvalue weighted by Crippen LogP contribution is 2.27. The third-order valence-electron chi connectivity index (χ3n) is 2.40. The predicted octanol–water partition coefficient (Wildman–Crippen LogP) is 4.04. The molecule has 0 aromatic heterocycles. The van der Waals surface area contributed by atoms with E-state index in [0.29, 0.717) is 0 Å². The third-order valence-corrected chi connectivity index (χ3v) is 3.39. The quantitative estimate of drug-likeness (QED) is 0.759. The van der Waals surface area contributed by atoms with Gasteiger partial charge in [0.15, 0.2) is 0 Å². The van der Waals surface area contributed by atoms with Gasteiger partial charge in [0, 0.05) is 3.57 Å². The van der Waals surface area contributed by atoms with Crippen molar-refractivity contribution in [2.75, 3.05) is 5.32 Å². The molecule has 0 heterocycles. The van der Waals surface area contributed by atoms with E-state index in [1.807, 2.05) is 22.6 Å². The Bertz CT molecular complexity index is 628. The standard InChI is InChI=1S/C13H8ClFINO2/c14-9-2-1-3-10(15)12(9)17-13(19)8-6-7(16)4-5-11(8)18/h1-6,18H,(H,17,19). The number of hydrogen-bond donors (Lipinski definition) is 2. The van der Waals surface area contributed by atoms with Crippen LogP contribution in [0.4, 0.5) is 10.1 Å². The minimum Gasteiger partial charge on any atom is -0.507 e. The van der Waals surface area contributed by atoms with Crippen LogP contribution in [0.3, 0.4) is 0 Å². The zero-order chi connectivity index (χ0) is 14.0. The number of amides is 1. The van der Waals surface area contributed by atoms with E-state index in [2.05, 4.69) is 5.32 Å². The van der Waals surface area contributed by atoms with Gasteiger partial charge in [-0.3, -0.25) is 4.79 Å². The first-order valence-electron chi connectivity index (χ1n) is 5.23. The fraction of sp³-hybridized carbons (Fsp3) is 0. The van der Waals surface area contributed by atoms with Crippen molar-refractivity contribution in [1.29, 1.82) is 0 Å². The van der Waals surface area contributed by atoms with Crippen LogP contribution < -0.4 is 5.32 Å². The molecule has 0 saturated carbocycles. The van der Waals surface area contributed by atoms with E-state index in [0.717, 1.165) is 3.57 Å². The molecule has 2 aromatic carbocycles. The molecule has 0 aliphatic heterocycles. The topological polar surface area (TPSA) is 49.3 Å². The maximum atomic E-state index is 13.5. The molecule has 0 unspecified atom stereocenters. The summed E-state index contributed by atoms with van der Waals surface area (Å²) in [7, 11) is 0. The number of anilines is 1. The average molecular weight is 392 g/mol. The Labute approximate surface area is 127 Å². The first-order chi connectivity index (χ1) is 8.99. The number of aromatic hydroxyl groups is 1. The van der Waals surface area contributed by atoms with Crippen molar-refractivity contribution in [3.8, 4) is 5.75 Å². The van der Waals surface area contributed by atoms with Crippen molar-refractivity contribution in [2.24, 2.45) is 0 Å².